The number of aryl methyl sites for hydroxylation is 1. The molecule has 9 heteroatoms. The van der Waals surface area contributed by atoms with Crippen molar-refractivity contribution in [2.24, 2.45) is 16.5 Å². The first-order valence-corrected chi connectivity index (χ1v) is 11.3. The van der Waals surface area contributed by atoms with Crippen LogP contribution >= 0.6 is 11.3 Å². The molecule has 3 rings (SSSR count). The molecule has 2 aromatic carbocycles. The number of thiazole rings is 1. The summed E-state index contributed by atoms with van der Waals surface area (Å²) in [6.45, 7) is 2.12. The van der Waals surface area contributed by atoms with E-state index in [-0.39, 0.29) is 16.6 Å². The van der Waals surface area contributed by atoms with Gasteiger partial charge in [0.1, 0.15) is 10.6 Å². The number of hydrogen-bond acceptors (Lipinski definition) is 6. The molecule has 0 bridgehead atoms. The molecular formula is C20H22N4O3S2. The van der Waals surface area contributed by atoms with E-state index in [0.717, 1.165) is 30.4 Å². The van der Waals surface area contributed by atoms with Crippen LogP contribution in [0.25, 0.3) is 11.3 Å². The molecular weight excluding hydrogens is 408 g/mol. The third kappa shape index (κ3) is 5.55. The summed E-state index contributed by atoms with van der Waals surface area (Å²) in [7, 11) is -3.90. The summed E-state index contributed by atoms with van der Waals surface area (Å²) >= 11 is 1.30. The Balaban J connectivity index is 1.71. The number of nitrogens with two attached hydrogens (primary N) is 2. The number of nitrogens with zero attached hydrogens (tertiary/aromatic N) is 2. The Morgan fingerprint density at radius 2 is 1.79 bits per heavy atom. The smallest absolute Gasteiger partial charge is 0.339 e. The van der Waals surface area contributed by atoms with Gasteiger partial charge in [-0.2, -0.15) is 13.4 Å². The molecule has 0 aliphatic rings. The first-order valence-electron chi connectivity index (χ1n) is 9.06. The van der Waals surface area contributed by atoms with Crippen molar-refractivity contribution in [3.05, 3.63) is 59.5 Å². The second-order valence-electron chi connectivity index (χ2n) is 6.36. The molecule has 0 fully saturated rings. The molecule has 1 aromatic heterocycles. The minimum atomic E-state index is -3.90. The van der Waals surface area contributed by atoms with Gasteiger partial charge in [0.2, 0.25) is 5.13 Å². The Hall–Kier alpha value is -2.91. The zero-order chi connectivity index (χ0) is 20.9. The van der Waals surface area contributed by atoms with Crippen molar-refractivity contribution in [2.75, 3.05) is 0 Å². The summed E-state index contributed by atoms with van der Waals surface area (Å²) in [6, 6.07) is 13.4. The molecule has 0 unspecified atom stereocenters. The van der Waals surface area contributed by atoms with Crippen molar-refractivity contribution >= 4 is 32.5 Å². The lowest BCUT2D eigenvalue weighted by molar-refractivity contribution is 0.486. The van der Waals surface area contributed by atoms with Crippen LogP contribution in [0.4, 0.5) is 5.13 Å². The van der Waals surface area contributed by atoms with Crippen LogP contribution in [-0.2, 0) is 16.5 Å². The van der Waals surface area contributed by atoms with Crippen LogP contribution < -0.4 is 15.7 Å². The van der Waals surface area contributed by atoms with E-state index in [9.17, 15) is 8.42 Å². The molecule has 0 saturated carbocycles. The van der Waals surface area contributed by atoms with Gasteiger partial charge in [0.25, 0.3) is 0 Å². The molecule has 29 heavy (non-hydrogen) atoms. The van der Waals surface area contributed by atoms with Crippen molar-refractivity contribution in [3.63, 3.8) is 0 Å². The van der Waals surface area contributed by atoms with E-state index in [1.807, 2.05) is 17.5 Å². The highest BCUT2D eigenvalue weighted by atomic mass is 32.2. The van der Waals surface area contributed by atoms with Gasteiger partial charge in [-0.05, 0) is 54.8 Å². The standard InChI is InChI=1S/C20H22N4O3S2/c1-2-3-4-14-5-11-17(12-6-14)29(25,26)27-16-9-7-15(8-10-16)18-13-28-20(23-18)24-19(21)22/h5-13H,2-4H2,1H3,(H4,21,22,23,24). The fraction of sp³-hybridized carbons (Fsp3) is 0.200. The Morgan fingerprint density at radius 3 is 2.41 bits per heavy atom. The Morgan fingerprint density at radius 1 is 1.10 bits per heavy atom. The monoisotopic (exact) mass is 430 g/mol. The molecule has 0 aliphatic carbocycles. The highest BCUT2D eigenvalue weighted by Gasteiger charge is 2.16. The minimum Gasteiger partial charge on any atom is -0.379 e. The topological polar surface area (TPSA) is 121 Å². The van der Waals surface area contributed by atoms with E-state index < -0.39 is 10.1 Å². The summed E-state index contributed by atoms with van der Waals surface area (Å²) < 4.78 is 30.3. The molecule has 0 amide bonds. The van der Waals surface area contributed by atoms with Gasteiger partial charge >= 0.3 is 10.1 Å². The first-order chi connectivity index (χ1) is 13.9. The van der Waals surface area contributed by atoms with Crippen molar-refractivity contribution in [3.8, 4) is 17.0 Å². The maximum absolute atomic E-state index is 12.5. The molecule has 1 heterocycles. The lowest BCUT2D eigenvalue weighted by Crippen LogP contribution is -2.21. The zero-order valence-corrected chi connectivity index (χ0v) is 17.5. The second kappa shape index (κ2) is 9.06. The molecule has 7 nitrogen and oxygen atoms in total. The predicted octanol–water partition coefficient (Wildman–Crippen LogP) is 3.83. The molecule has 152 valence electrons. The maximum Gasteiger partial charge on any atom is 0.339 e. The summed E-state index contributed by atoms with van der Waals surface area (Å²) in [5.74, 6) is 0.168. The third-order valence-corrected chi connectivity index (χ3v) is 6.10. The predicted molar refractivity (Wildman–Crippen MR) is 116 cm³/mol. The lowest BCUT2D eigenvalue weighted by Gasteiger charge is -2.08. The fourth-order valence-electron chi connectivity index (χ4n) is 2.62. The Bertz CT molecular complexity index is 1090. The molecule has 3 aromatic rings. The zero-order valence-electron chi connectivity index (χ0n) is 15.9. The number of benzene rings is 2. The van der Waals surface area contributed by atoms with E-state index >= 15 is 0 Å². The number of rotatable bonds is 8. The van der Waals surface area contributed by atoms with Crippen LogP contribution in [0.5, 0.6) is 5.75 Å². The number of aliphatic imine (C=N–C) groups is 1. The SMILES string of the molecule is CCCCc1ccc(S(=O)(=O)Oc2ccc(-c3csc(N=C(N)N)n3)cc2)cc1. The molecule has 0 spiro atoms. The number of hydrogen-bond donors (Lipinski definition) is 2. The van der Waals surface area contributed by atoms with Gasteiger partial charge in [-0.15, -0.1) is 11.3 Å². The van der Waals surface area contributed by atoms with Gasteiger partial charge in [-0.3, -0.25) is 0 Å². The van der Waals surface area contributed by atoms with E-state index in [0.29, 0.717) is 10.8 Å². The van der Waals surface area contributed by atoms with Crippen LogP contribution in [0.15, 0.2) is 63.8 Å². The molecule has 0 saturated heterocycles. The number of unbranched alkanes of at least 4 members (excludes halogenated alkanes) is 1. The summed E-state index contributed by atoms with van der Waals surface area (Å²) in [6.07, 6.45) is 3.09. The number of aromatic nitrogens is 1. The average Bonchev–Trinajstić information content (AvgIpc) is 3.14. The van der Waals surface area contributed by atoms with Gasteiger partial charge in [-0.1, -0.05) is 25.5 Å². The molecule has 4 N–H and O–H groups in total. The van der Waals surface area contributed by atoms with Gasteiger partial charge in [0, 0.05) is 10.9 Å². The summed E-state index contributed by atoms with van der Waals surface area (Å²) in [4.78, 5) is 8.35. The largest absolute Gasteiger partial charge is 0.379 e. The summed E-state index contributed by atoms with van der Waals surface area (Å²) in [5.41, 5.74) is 13.3. The highest BCUT2D eigenvalue weighted by Crippen LogP contribution is 2.28. The van der Waals surface area contributed by atoms with Gasteiger partial charge < -0.3 is 15.7 Å². The van der Waals surface area contributed by atoms with Crippen LogP contribution in [0.2, 0.25) is 0 Å². The van der Waals surface area contributed by atoms with Crippen molar-refractivity contribution in [2.45, 2.75) is 31.1 Å². The van der Waals surface area contributed by atoms with Gasteiger partial charge in [0.05, 0.1) is 5.69 Å². The fourth-order valence-corrected chi connectivity index (χ4v) is 4.26. The van der Waals surface area contributed by atoms with Crippen molar-refractivity contribution < 1.29 is 12.6 Å². The van der Waals surface area contributed by atoms with E-state index in [4.69, 9.17) is 15.7 Å². The van der Waals surface area contributed by atoms with Crippen LogP contribution in [0.3, 0.4) is 0 Å². The number of guanidine groups is 1. The van der Waals surface area contributed by atoms with Crippen molar-refractivity contribution in [1.82, 2.24) is 4.98 Å². The van der Waals surface area contributed by atoms with Crippen molar-refractivity contribution in [1.29, 1.82) is 0 Å². The first kappa shape index (κ1) is 20.8. The van der Waals surface area contributed by atoms with Gasteiger partial charge in [0.15, 0.2) is 5.96 Å². The van der Waals surface area contributed by atoms with E-state index in [1.165, 1.54) is 11.3 Å². The van der Waals surface area contributed by atoms with Crippen LogP contribution in [0, 0.1) is 0 Å². The molecule has 0 aliphatic heterocycles. The molecule has 0 atom stereocenters. The molecule has 0 radical (unpaired) electrons. The Kier molecular flexibility index (Phi) is 6.50. The normalized spacial score (nSPS) is 11.2. The third-order valence-electron chi connectivity index (χ3n) is 4.10. The average molecular weight is 431 g/mol. The van der Waals surface area contributed by atoms with E-state index in [1.54, 1.807) is 36.4 Å². The van der Waals surface area contributed by atoms with Crippen LogP contribution in [0.1, 0.15) is 25.3 Å². The summed E-state index contributed by atoms with van der Waals surface area (Å²) in [5, 5.41) is 2.26. The minimum absolute atomic E-state index is 0.0572. The van der Waals surface area contributed by atoms with Crippen LogP contribution in [-0.4, -0.2) is 19.4 Å². The van der Waals surface area contributed by atoms with Gasteiger partial charge in [-0.25, -0.2) is 4.98 Å². The maximum atomic E-state index is 12.5. The Labute approximate surface area is 174 Å². The lowest BCUT2D eigenvalue weighted by atomic mass is 10.1. The second-order valence-corrected chi connectivity index (χ2v) is 8.74. The highest BCUT2D eigenvalue weighted by molar-refractivity contribution is 7.87. The van der Waals surface area contributed by atoms with E-state index in [2.05, 4.69) is 16.9 Å². The quantitative estimate of drug-likeness (QED) is 0.318.